The van der Waals surface area contributed by atoms with Crippen LogP contribution in [0.1, 0.15) is 30.0 Å². The third-order valence-corrected chi connectivity index (χ3v) is 4.69. The molecule has 174 valence electrons. The van der Waals surface area contributed by atoms with Crippen molar-refractivity contribution >= 4 is 11.7 Å². The summed E-state index contributed by atoms with van der Waals surface area (Å²) in [6, 6.07) is 10.7. The second-order valence-electron chi connectivity index (χ2n) is 7.09. The first-order chi connectivity index (χ1) is 15.5. The van der Waals surface area contributed by atoms with Crippen LogP contribution in [-0.4, -0.2) is 6.36 Å². The fourth-order valence-corrected chi connectivity index (χ4v) is 3.17. The first-order valence-electron chi connectivity index (χ1n) is 9.69. The molecule has 0 unspecified atom stereocenters. The average molecular weight is 472 g/mol. The molecule has 0 saturated carbocycles. The Labute approximate surface area is 183 Å². The van der Waals surface area contributed by atoms with Crippen LogP contribution in [0.3, 0.4) is 0 Å². The van der Waals surface area contributed by atoms with E-state index in [2.05, 4.69) is 4.74 Å². The summed E-state index contributed by atoms with van der Waals surface area (Å²) in [5.74, 6) is -10.4. The molecule has 0 heterocycles. The van der Waals surface area contributed by atoms with Crippen LogP contribution in [-0.2, 0) is 6.42 Å². The summed E-state index contributed by atoms with van der Waals surface area (Å²) in [5, 5.41) is 0. The molecule has 0 aliphatic rings. The summed E-state index contributed by atoms with van der Waals surface area (Å²) >= 11 is 0. The minimum Gasteiger partial charge on any atom is -0.399 e. The van der Waals surface area contributed by atoms with Crippen molar-refractivity contribution in [3.8, 4) is 16.9 Å². The van der Waals surface area contributed by atoms with Gasteiger partial charge >= 0.3 is 6.36 Å². The highest BCUT2D eigenvalue weighted by atomic mass is 19.4. The van der Waals surface area contributed by atoms with Gasteiger partial charge in [-0.15, -0.1) is 13.2 Å². The zero-order valence-electron chi connectivity index (χ0n) is 17.0. The minimum atomic E-state index is -5.40. The van der Waals surface area contributed by atoms with Crippen LogP contribution in [0.25, 0.3) is 22.8 Å². The maximum atomic E-state index is 14.6. The molecule has 0 spiro atoms. The van der Waals surface area contributed by atoms with Crippen molar-refractivity contribution in [2.24, 2.45) is 0 Å². The SMILES string of the molecule is CCCc1ccc(-c2ccc(C(F)=C(F)c3cc(F)c(OC(F)(F)F)c(F)c3)c(F)c2)cc1. The number of ether oxygens (including phenoxy) is 1. The Morgan fingerprint density at radius 3 is 1.85 bits per heavy atom. The number of aryl methyl sites for hydroxylation is 1. The standard InChI is InChI=1S/C24H16F8O/c1-2-3-13-4-6-14(7-5-13)15-8-9-17(18(25)10-15)22(29)21(28)16-11-19(26)23(20(27)12-16)33-24(30,31)32/h4-12H,2-3H2,1H3. The van der Waals surface area contributed by atoms with Crippen molar-refractivity contribution in [1.82, 2.24) is 0 Å². The van der Waals surface area contributed by atoms with Gasteiger partial charge in [0.1, 0.15) is 5.82 Å². The molecule has 0 radical (unpaired) electrons. The van der Waals surface area contributed by atoms with Crippen LogP contribution >= 0.6 is 0 Å². The van der Waals surface area contributed by atoms with Crippen molar-refractivity contribution in [2.45, 2.75) is 26.1 Å². The van der Waals surface area contributed by atoms with Crippen LogP contribution in [0.5, 0.6) is 5.75 Å². The number of benzene rings is 3. The van der Waals surface area contributed by atoms with Gasteiger partial charge in [0.15, 0.2) is 23.3 Å². The van der Waals surface area contributed by atoms with Crippen molar-refractivity contribution in [1.29, 1.82) is 0 Å². The van der Waals surface area contributed by atoms with Crippen molar-refractivity contribution < 1.29 is 39.9 Å². The van der Waals surface area contributed by atoms with Crippen molar-refractivity contribution in [3.05, 3.63) is 88.7 Å². The lowest BCUT2D eigenvalue weighted by Crippen LogP contribution is -2.19. The minimum absolute atomic E-state index is 0.114. The Bertz CT molecular complexity index is 1160. The molecule has 0 fully saturated rings. The molecule has 0 saturated heterocycles. The van der Waals surface area contributed by atoms with Gasteiger partial charge in [-0.2, -0.15) is 0 Å². The molecule has 0 aliphatic carbocycles. The van der Waals surface area contributed by atoms with Crippen molar-refractivity contribution in [2.75, 3.05) is 0 Å². The van der Waals surface area contributed by atoms with Gasteiger partial charge < -0.3 is 4.74 Å². The number of alkyl halides is 3. The third-order valence-electron chi connectivity index (χ3n) is 4.69. The maximum absolute atomic E-state index is 14.6. The lowest BCUT2D eigenvalue weighted by atomic mass is 10.00. The first-order valence-corrected chi connectivity index (χ1v) is 9.69. The highest BCUT2D eigenvalue weighted by Crippen LogP contribution is 2.36. The smallest absolute Gasteiger partial charge is 0.399 e. The lowest BCUT2D eigenvalue weighted by Gasteiger charge is -2.12. The highest BCUT2D eigenvalue weighted by Gasteiger charge is 2.34. The van der Waals surface area contributed by atoms with Gasteiger partial charge in [0, 0.05) is 11.1 Å². The second-order valence-corrected chi connectivity index (χ2v) is 7.09. The normalized spacial score (nSPS) is 12.5. The molecule has 9 heteroatoms. The summed E-state index contributed by atoms with van der Waals surface area (Å²) < 4.78 is 111. The van der Waals surface area contributed by atoms with Gasteiger partial charge in [-0.25, -0.2) is 22.0 Å². The monoisotopic (exact) mass is 472 g/mol. The van der Waals surface area contributed by atoms with Crippen LogP contribution in [0.15, 0.2) is 54.6 Å². The molecule has 1 nitrogen and oxygen atoms in total. The van der Waals surface area contributed by atoms with Gasteiger partial charge in [-0.1, -0.05) is 43.7 Å². The second kappa shape index (κ2) is 9.64. The predicted molar refractivity (Wildman–Crippen MR) is 108 cm³/mol. The number of hydrogen-bond donors (Lipinski definition) is 0. The highest BCUT2D eigenvalue weighted by molar-refractivity contribution is 5.84. The summed E-state index contributed by atoms with van der Waals surface area (Å²) in [5.41, 5.74) is 0.218. The Morgan fingerprint density at radius 1 is 0.758 bits per heavy atom. The zero-order chi connectivity index (χ0) is 24.3. The average Bonchev–Trinajstić information content (AvgIpc) is 2.75. The number of hydrogen-bond acceptors (Lipinski definition) is 1. The molecule has 3 rings (SSSR count). The van der Waals surface area contributed by atoms with E-state index in [1.54, 1.807) is 12.1 Å². The van der Waals surface area contributed by atoms with Crippen LogP contribution in [0.2, 0.25) is 0 Å². The van der Waals surface area contributed by atoms with E-state index in [-0.39, 0.29) is 12.1 Å². The maximum Gasteiger partial charge on any atom is 0.573 e. The Balaban J connectivity index is 1.93. The first kappa shape index (κ1) is 24.3. The van der Waals surface area contributed by atoms with E-state index >= 15 is 0 Å². The molecule has 0 N–H and O–H groups in total. The number of rotatable bonds is 6. The Morgan fingerprint density at radius 2 is 1.33 bits per heavy atom. The molecule has 3 aromatic carbocycles. The fraction of sp³-hybridized carbons (Fsp3) is 0.167. The van der Waals surface area contributed by atoms with E-state index in [0.717, 1.165) is 30.5 Å². The molecule has 3 aromatic rings. The molecule has 0 aromatic heterocycles. The van der Waals surface area contributed by atoms with Gasteiger partial charge in [-0.3, -0.25) is 0 Å². The zero-order valence-corrected chi connectivity index (χ0v) is 17.0. The number of halogens is 8. The van der Waals surface area contributed by atoms with E-state index in [1.165, 1.54) is 6.07 Å². The van der Waals surface area contributed by atoms with Gasteiger partial charge in [0.05, 0.1) is 0 Å². The van der Waals surface area contributed by atoms with Crippen LogP contribution < -0.4 is 4.74 Å². The Hall–Kier alpha value is -3.36. The molecular formula is C24H16F8O. The van der Waals surface area contributed by atoms with Crippen LogP contribution in [0.4, 0.5) is 35.1 Å². The van der Waals surface area contributed by atoms with Crippen molar-refractivity contribution in [3.63, 3.8) is 0 Å². The van der Waals surface area contributed by atoms with E-state index < -0.39 is 52.3 Å². The van der Waals surface area contributed by atoms with E-state index in [1.807, 2.05) is 19.1 Å². The third kappa shape index (κ3) is 5.71. The fourth-order valence-electron chi connectivity index (χ4n) is 3.17. The van der Waals surface area contributed by atoms with E-state index in [4.69, 9.17) is 0 Å². The predicted octanol–water partition coefficient (Wildman–Crippen LogP) is 8.39. The topological polar surface area (TPSA) is 9.23 Å². The summed E-state index contributed by atoms with van der Waals surface area (Å²) in [6.45, 7) is 2.02. The lowest BCUT2D eigenvalue weighted by molar-refractivity contribution is -0.276. The van der Waals surface area contributed by atoms with Crippen LogP contribution in [0, 0.1) is 17.5 Å². The Kier molecular flexibility index (Phi) is 7.09. The molecule has 0 aliphatic heterocycles. The molecule has 0 bridgehead atoms. The van der Waals surface area contributed by atoms with E-state index in [0.29, 0.717) is 11.1 Å². The van der Waals surface area contributed by atoms with Gasteiger partial charge in [0.2, 0.25) is 5.75 Å². The molecular weight excluding hydrogens is 456 g/mol. The summed E-state index contributed by atoms with van der Waals surface area (Å²) in [7, 11) is 0. The summed E-state index contributed by atoms with van der Waals surface area (Å²) in [4.78, 5) is 0. The quantitative estimate of drug-likeness (QED) is 0.259. The molecule has 0 atom stereocenters. The molecule has 0 amide bonds. The molecule has 33 heavy (non-hydrogen) atoms. The largest absolute Gasteiger partial charge is 0.573 e. The van der Waals surface area contributed by atoms with Gasteiger partial charge in [0.25, 0.3) is 0 Å². The van der Waals surface area contributed by atoms with E-state index in [9.17, 15) is 35.1 Å². The summed E-state index contributed by atoms with van der Waals surface area (Å²) in [6.07, 6.45) is -3.58. The van der Waals surface area contributed by atoms with Gasteiger partial charge in [-0.05, 0) is 47.4 Å².